The molecule has 0 N–H and O–H groups in total. The summed E-state index contributed by atoms with van der Waals surface area (Å²) in [5, 5.41) is 0. The number of likely N-dealkylation sites (N-methyl/N-ethyl adjacent to an activating group) is 2. The Balaban J connectivity index is 1.93. The van der Waals surface area contributed by atoms with Gasteiger partial charge in [-0.3, -0.25) is 9.78 Å². The van der Waals surface area contributed by atoms with Gasteiger partial charge in [0.2, 0.25) is 0 Å². The lowest BCUT2D eigenvalue weighted by molar-refractivity contribution is -0.123. The van der Waals surface area contributed by atoms with E-state index in [4.69, 9.17) is 0 Å². The number of pyridine rings is 1. The first-order valence-electron chi connectivity index (χ1n) is 8.39. The summed E-state index contributed by atoms with van der Waals surface area (Å²) in [6, 6.07) is 12.0. The first-order chi connectivity index (χ1) is 12.1. The second-order valence-electron chi connectivity index (χ2n) is 6.51. The van der Waals surface area contributed by atoms with Crippen molar-refractivity contribution in [3.63, 3.8) is 0 Å². The van der Waals surface area contributed by atoms with Crippen molar-refractivity contribution in [1.82, 2.24) is 14.8 Å². The highest BCUT2D eigenvalue weighted by Crippen LogP contribution is 2.37. The summed E-state index contributed by atoms with van der Waals surface area (Å²) in [7, 11) is 5.88. The Hall–Kier alpha value is -2.72. The molecule has 3 rings (SSSR count). The number of allylic oxidation sites excluding steroid dienone is 2. The van der Waals surface area contributed by atoms with Gasteiger partial charge in [-0.25, -0.2) is 0 Å². The average molecular weight is 333 g/mol. The van der Waals surface area contributed by atoms with E-state index in [-0.39, 0.29) is 5.91 Å². The van der Waals surface area contributed by atoms with E-state index < -0.39 is 0 Å². The molecule has 25 heavy (non-hydrogen) atoms. The molecule has 1 aliphatic rings. The molecule has 1 aromatic heterocycles. The third-order valence-corrected chi connectivity index (χ3v) is 4.32. The van der Waals surface area contributed by atoms with Crippen molar-refractivity contribution in [3.05, 3.63) is 71.6 Å². The van der Waals surface area contributed by atoms with Gasteiger partial charge in [0.1, 0.15) is 0 Å². The van der Waals surface area contributed by atoms with Crippen LogP contribution in [0.5, 0.6) is 0 Å². The van der Waals surface area contributed by atoms with Gasteiger partial charge >= 0.3 is 0 Å². The number of hydrogen-bond acceptors (Lipinski definition) is 3. The molecule has 0 spiro atoms. The molecule has 0 radical (unpaired) electrons. The molecule has 0 saturated carbocycles. The summed E-state index contributed by atoms with van der Waals surface area (Å²) < 4.78 is 0. The first kappa shape index (κ1) is 17.1. The summed E-state index contributed by atoms with van der Waals surface area (Å²) in [5.74, 6) is 0.0624. The Kier molecular flexibility index (Phi) is 5.10. The van der Waals surface area contributed by atoms with Gasteiger partial charge in [-0.2, -0.15) is 0 Å². The van der Waals surface area contributed by atoms with Gasteiger partial charge in [0.25, 0.3) is 5.91 Å². The normalized spacial score (nSPS) is 14.6. The molecule has 0 aliphatic heterocycles. The number of carbonyl (C=O) groups excluding carboxylic acids is 1. The van der Waals surface area contributed by atoms with Crippen molar-refractivity contribution in [3.8, 4) is 0 Å². The van der Waals surface area contributed by atoms with E-state index in [0.717, 1.165) is 34.4 Å². The minimum atomic E-state index is 0.0624. The third-order valence-electron chi connectivity index (χ3n) is 4.32. The van der Waals surface area contributed by atoms with Crippen LogP contribution in [0.15, 0.2) is 54.9 Å². The molecule has 128 valence electrons. The Morgan fingerprint density at radius 3 is 2.36 bits per heavy atom. The Labute approximate surface area is 149 Å². The SMILES string of the molecule is CN(C)CCN(C)C(=O)C1=C/C(=C/c2ccncc2)c2ccccc21. The van der Waals surface area contributed by atoms with E-state index in [0.29, 0.717) is 6.54 Å². The minimum absolute atomic E-state index is 0.0624. The van der Waals surface area contributed by atoms with Crippen LogP contribution in [-0.4, -0.2) is 54.9 Å². The number of fused-ring (bicyclic) bond motifs is 1. The van der Waals surface area contributed by atoms with Crippen molar-refractivity contribution in [2.75, 3.05) is 34.2 Å². The topological polar surface area (TPSA) is 36.4 Å². The number of rotatable bonds is 5. The monoisotopic (exact) mass is 333 g/mol. The van der Waals surface area contributed by atoms with Gasteiger partial charge in [0, 0.05) is 38.1 Å². The molecular formula is C21H23N3O. The molecule has 1 heterocycles. The van der Waals surface area contributed by atoms with Crippen molar-refractivity contribution in [2.45, 2.75) is 0 Å². The highest BCUT2D eigenvalue weighted by molar-refractivity contribution is 6.26. The summed E-state index contributed by atoms with van der Waals surface area (Å²) in [6.45, 7) is 1.55. The fourth-order valence-corrected chi connectivity index (χ4v) is 2.87. The second-order valence-corrected chi connectivity index (χ2v) is 6.51. The third kappa shape index (κ3) is 3.86. The molecule has 0 atom stereocenters. The van der Waals surface area contributed by atoms with Gasteiger partial charge in [0.05, 0.1) is 0 Å². The lowest BCUT2D eigenvalue weighted by Crippen LogP contribution is -2.33. The molecule has 2 aromatic rings. The predicted octanol–water partition coefficient (Wildman–Crippen LogP) is 3.04. The minimum Gasteiger partial charge on any atom is -0.340 e. The van der Waals surface area contributed by atoms with Crippen LogP contribution in [-0.2, 0) is 4.79 Å². The maximum atomic E-state index is 12.9. The maximum Gasteiger partial charge on any atom is 0.254 e. The average Bonchev–Trinajstić information content (AvgIpc) is 2.98. The van der Waals surface area contributed by atoms with Gasteiger partial charge < -0.3 is 9.80 Å². The van der Waals surface area contributed by atoms with Crippen LogP contribution >= 0.6 is 0 Å². The van der Waals surface area contributed by atoms with Gasteiger partial charge in [-0.1, -0.05) is 24.3 Å². The molecule has 0 fully saturated rings. The van der Waals surface area contributed by atoms with E-state index in [1.165, 1.54) is 0 Å². The predicted molar refractivity (Wildman–Crippen MR) is 103 cm³/mol. The first-order valence-corrected chi connectivity index (χ1v) is 8.39. The number of carbonyl (C=O) groups is 1. The Morgan fingerprint density at radius 2 is 1.68 bits per heavy atom. The number of hydrogen-bond donors (Lipinski definition) is 0. The summed E-state index contributed by atoms with van der Waals surface area (Å²) in [4.78, 5) is 20.8. The van der Waals surface area contributed by atoms with Crippen molar-refractivity contribution in [1.29, 1.82) is 0 Å². The molecule has 0 bridgehead atoms. The van der Waals surface area contributed by atoms with Crippen molar-refractivity contribution in [2.24, 2.45) is 0 Å². The van der Waals surface area contributed by atoms with Crippen LogP contribution in [0.2, 0.25) is 0 Å². The maximum absolute atomic E-state index is 12.9. The van der Waals surface area contributed by atoms with Crippen molar-refractivity contribution < 1.29 is 4.79 Å². The Bertz CT molecular complexity index is 822. The zero-order valence-electron chi connectivity index (χ0n) is 14.9. The molecule has 1 aliphatic carbocycles. The number of amides is 1. The molecule has 0 unspecified atom stereocenters. The quantitative estimate of drug-likeness (QED) is 0.844. The summed E-state index contributed by atoms with van der Waals surface area (Å²) in [6.07, 6.45) is 7.65. The smallest absolute Gasteiger partial charge is 0.254 e. The van der Waals surface area contributed by atoms with Crippen LogP contribution < -0.4 is 0 Å². The van der Waals surface area contributed by atoms with Crippen LogP contribution in [0.1, 0.15) is 16.7 Å². The summed E-state index contributed by atoms with van der Waals surface area (Å²) >= 11 is 0. The molecule has 4 nitrogen and oxygen atoms in total. The van der Waals surface area contributed by atoms with Gasteiger partial charge in [-0.05, 0) is 60.6 Å². The van der Waals surface area contributed by atoms with Crippen LogP contribution in [0.25, 0.3) is 17.2 Å². The van der Waals surface area contributed by atoms with Crippen LogP contribution in [0, 0.1) is 0 Å². The molecule has 4 heteroatoms. The van der Waals surface area contributed by atoms with Crippen LogP contribution in [0.4, 0.5) is 0 Å². The molecular weight excluding hydrogens is 310 g/mol. The fourth-order valence-electron chi connectivity index (χ4n) is 2.87. The zero-order valence-corrected chi connectivity index (χ0v) is 14.9. The molecule has 1 amide bonds. The second kappa shape index (κ2) is 7.45. The zero-order chi connectivity index (χ0) is 17.8. The highest BCUT2D eigenvalue weighted by Gasteiger charge is 2.25. The number of aromatic nitrogens is 1. The van der Waals surface area contributed by atoms with E-state index in [1.807, 2.05) is 57.6 Å². The Morgan fingerprint density at radius 1 is 1.00 bits per heavy atom. The summed E-state index contributed by atoms with van der Waals surface area (Å²) in [5.41, 5.74) is 5.00. The van der Waals surface area contributed by atoms with E-state index >= 15 is 0 Å². The van der Waals surface area contributed by atoms with Gasteiger partial charge in [-0.15, -0.1) is 0 Å². The van der Waals surface area contributed by atoms with E-state index in [1.54, 1.807) is 17.3 Å². The van der Waals surface area contributed by atoms with Crippen LogP contribution in [0.3, 0.4) is 0 Å². The van der Waals surface area contributed by atoms with E-state index in [9.17, 15) is 4.79 Å². The van der Waals surface area contributed by atoms with Gasteiger partial charge in [0.15, 0.2) is 0 Å². The molecule has 1 aromatic carbocycles. The largest absolute Gasteiger partial charge is 0.340 e. The lowest BCUT2D eigenvalue weighted by atomic mass is 10.0. The standard InChI is InChI=1S/C21H23N3O/c1-23(2)12-13-24(3)21(25)20-15-17(14-16-8-10-22-11-9-16)18-6-4-5-7-19(18)20/h4-11,14-15H,12-13H2,1-3H3/b17-14-. The number of nitrogens with zero attached hydrogens (tertiary/aromatic N) is 3. The number of benzene rings is 1. The fraction of sp³-hybridized carbons (Fsp3) is 0.238. The van der Waals surface area contributed by atoms with E-state index in [2.05, 4.69) is 22.0 Å². The molecule has 0 saturated heterocycles. The van der Waals surface area contributed by atoms with Crippen molar-refractivity contribution >= 4 is 23.1 Å². The highest BCUT2D eigenvalue weighted by atomic mass is 16.2. The lowest BCUT2D eigenvalue weighted by Gasteiger charge is -2.20.